The molecule has 2 N–H and O–H groups in total. The minimum Gasteiger partial charge on any atom is -0.277 e. The summed E-state index contributed by atoms with van der Waals surface area (Å²) in [5.74, 6) is 0. The molecule has 0 saturated carbocycles. The van der Waals surface area contributed by atoms with Gasteiger partial charge in [-0.05, 0) is 23.7 Å². The van der Waals surface area contributed by atoms with Gasteiger partial charge in [-0.15, -0.1) is 0 Å². The Bertz CT molecular complexity index is 906. The van der Waals surface area contributed by atoms with Crippen LogP contribution in [-0.2, 0) is 10.0 Å². The lowest BCUT2D eigenvalue weighted by Crippen LogP contribution is -2.12. The Labute approximate surface area is 118 Å². The smallest absolute Gasteiger partial charge is 0.264 e. The fraction of sp³-hybridized carbons (Fsp3) is 0. The van der Waals surface area contributed by atoms with Crippen molar-refractivity contribution >= 4 is 38.1 Å². The molecule has 0 aliphatic rings. The average molecular weight is 305 g/mol. The molecule has 0 aliphatic heterocycles. The maximum atomic E-state index is 12.1. The second kappa shape index (κ2) is 4.59. The number of hydrogen-bond acceptors (Lipinski definition) is 6. The highest BCUT2D eigenvalue weighted by Crippen LogP contribution is 2.25. The maximum absolute atomic E-state index is 12.1. The number of aromatic nitrogens is 3. The van der Waals surface area contributed by atoms with Crippen molar-refractivity contribution in [2.24, 2.45) is 0 Å². The van der Waals surface area contributed by atoms with Crippen molar-refractivity contribution in [2.45, 2.75) is 4.90 Å². The number of benzene rings is 1. The summed E-state index contributed by atoms with van der Waals surface area (Å²) in [6.07, 6.45) is 1.28. The summed E-state index contributed by atoms with van der Waals surface area (Å²) in [4.78, 5) is 0.0968. The Morgan fingerprint density at radius 3 is 2.95 bits per heavy atom. The van der Waals surface area contributed by atoms with Crippen LogP contribution in [-0.4, -0.2) is 23.0 Å². The summed E-state index contributed by atoms with van der Waals surface area (Å²) in [6.45, 7) is 0. The highest BCUT2D eigenvalue weighted by molar-refractivity contribution is 7.92. The van der Waals surface area contributed by atoms with E-state index >= 15 is 0 Å². The number of hydrogen-bond donors (Lipinski definition) is 2. The van der Waals surface area contributed by atoms with E-state index < -0.39 is 10.0 Å². The van der Waals surface area contributed by atoms with E-state index in [4.69, 9.17) is 5.26 Å². The predicted octanol–water partition coefficient (Wildman–Crippen LogP) is 1.69. The molecule has 0 bridgehead atoms. The van der Waals surface area contributed by atoms with Crippen LogP contribution in [0.25, 0.3) is 10.9 Å². The molecule has 0 spiro atoms. The summed E-state index contributed by atoms with van der Waals surface area (Å²) in [5.41, 5.74) is 1.02. The minimum atomic E-state index is -3.69. The normalized spacial score (nSPS) is 11.3. The van der Waals surface area contributed by atoms with Gasteiger partial charge in [-0.25, -0.2) is 8.42 Å². The monoisotopic (exact) mass is 305 g/mol. The highest BCUT2D eigenvalue weighted by Gasteiger charge is 2.18. The Morgan fingerprint density at radius 2 is 2.25 bits per heavy atom. The summed E-state index contributed by atoms with van der Waals surface area (Å²) in [7, 11) is -3.69. The first-order valence-electron chi connectivity index (χ1n) is 5.41. The zero-order valence-corrected chi connectivity index (χ0v) is 11.5. The molecule has 3 aromatic rings. The van der Waals surface area contributed by atoms with E-state index in [-0.39, 0.29) is 10.6 Å². The van der Waals surface area contributed by atoms with Crippen LogP contribution in [0.4, 0.5) is 5.69 Å². The van der Waals surface area contributed by atoms with E-state index in [9.17, 15) is 8.42 Å². The molecule has 2 heterocycles. The quantitative estimate of drug-likeness (QED) is 0.764. The second-order valence-corrected chi connectivity index (χ2v) is 6.22. The number of nitrogens with one attached hydrogen (secondary N) is 2. The van der Waals surface area contributed by atoms with Crippen molar-refractivity contribution in [3.05, 3.63) is 35.5 Å². The van der Waals surface area contributed by atoms with Crippen LogP contribution in [0.2, 0.25) is 0 Å². The molecule has 100 valence electrons. The van der Waals surface area contributed by atoms with Crippen molar-refractivity contribution in [2.75, 3.05) is 4.72 Å². The zero-order chi connectivity index (χ0) is 14.2. The van der Waals surface area contributed by atoms with Crippen molar-refractivity contribution < 1.29 is 8.42 Å². The SMILES string of the molecule is N#Cc1n[nH]c2c(NS(=O)(=O)c3cnsc3)cccc12. The van der Waals surface area contributed by atoms with E-state index in [1.54, 1.807) is 18.2 Å². The molecule has 9 heteroatoms. The molecule has 0 amide bonds. The van der Waals surface area contributed by atoms with Gasteiger partial charge < -0.3 is 0 Å². The maximum Gasteiger partial charge on any atom is 0.264 e. The fourth-order valence-corrected chi connectivity index (χ4v) is 3.62. The first-order valence-corrected chi connectivity index (χ1v) is 7.73. The third kappa shape index (κ3) is 2.01. The Morgan fingerprint density at radius 1 is 1.40 bits per heavy atom. The standard InChI is InChI=1S/C11H7N5O2S2/c12-4-10-8-2-1-3-9(11(8)15-14-10)16-20(17,18)7-5-13-19-6-7/h1-3,5-6,16H,(H,14,15). The third-order valence-corrected chi connectivity index (χ3v) is 4.74. The lowest BCUT2D eigenvalue weighted by Gasteiger charge is -2.06. The molecule has 0 aliphatic carbocycles. The number of H-pyrrole nitrogens is 1. The molecule has 1 aromatic carbocycles. The van der Waals surface area contributed by atoms with Crippen LogP contribution >= 0.6 is 11.5 Å². The Hall–Kier alpha value is -2.44. The lowest BCUT2D eigenvalue weighted by atomic mass is 10.2. The van der Waals surface area contributed by atoms with Crippen LogP contribution in [0.3, 0.4) is 0 Å². The van der Waals surface area contributed by atoms with Crippen LogP contribution in [0.15, 0.2) is 34.7 Å². The minimum absolute atomic E-state index is 0.0968. The van der Waals surface area contributed by atoms with Crippen LogP contribution in [0.1, 0.15) is 5.69 Å². The topological polar surface area (TPSA) is 112 Å². The number of anilines is 1. The molecule has 3 rings (SSSR count). The number of para-hydroxylation sites is 1. The van der Waals surface area contributed by atoms with E-state index in [1.807, 2.05) is 6.07 Å². The van der Waals surface area contributed by atoms with Gasteiger partial charge in [0, 0.05) is 10.8 Å². The van der Waals surface area contributed by atoms with E-state index in [0.29, 0.717) is 16.6 Å². The molecule has 20 heavy (non-hydrogen) atoms. The average Bonchev–Trinajstić information content (AvgIpc) is 3.08. The van der Waals surface area contributed by atoms with Crippen molar-refractivity contribution in [1.82, 2.24) is 14.6 Å². The van der Waals surface area contributed by atoms with Gasteiger partial charge >= 0.3 is 0 Å². The molecule has 0 atom stereocenters. The van der Waals surface area contributed by atoms with Gasteiger partial charge in [0.1, 0.15) is 11.0 Å². The summed E-state index contributed by atoms with van der Waals surface area (Å²) in [5, 5.41) is 17.4. The first-order chi connectivity index (χ1) is 9.62. The molecular weight excluding hydrogens is 298 g/mol. The first kappa shape index (κ1) is 12.6. The fourth-order valence-electron chi connectivity index (χ4n) is 1.74. The molecule has 0 fully saturated rings. The van der Waals surface area contributed by atoms with Crippen LogP contribution < -0.4 is 4.72 Å². The number of sulfonamides is 1. The second-order valence-electron chi connectivity index (χ2n) is 3.88. The lowest BCUT2D eigenvalue weighted by molar-refractivity contribution is 0.601. The molecule has 7 nitrogen and oxygen atoms in total. The molecule has 0 radical (unpaired) electrons. The number of nitrogens with zero attached hydrogens (tertiary/aromatic N) is 3. The molecule has 0 saturated heterocycles. The van der Waals surface area contributed by atoms with Crippen molar-refractivity contribution in [1.29, 1.82) is 5.26 Å². The highest BCUT2D eigenvalue weighted by atomic mass is 32.2. The Balaban J connectivity index is 2.09. The third-order valence-electron chi connectivity index (χ3n) is 2.67. The van der Waals surface area contributed by atoms with Gasteiger partial charge in [-0.1, -0.05) is 6.07 Å². The number of rotatable bonds is 3. The van der Waals surface area contributed by atoms with Gasteiger partial charge in [-0.3, -0.25) is 9.82 Å². The summed E-state index contributed by atoms with van der Waals surface area (Å²) >= 11 is 1.06. The number of nitriles is 1. The number of fused-ring (bicyclic) bond motifs is 1. The van der Waals surface area contributed by atoms with Gasteiger partial charge in [0.2, 0.25) is 0 Å². The van der Waals surface area contributed by atoms with E-state index in [0.717, 1.165) is 11.5 Å². The Kier molecular flexibility index (Phi) is 2.89. The summed E-state index contributed by atoms with van der Waals surface area (Å²) in [6, 6.07) is 6.89. The van der Waals surface area contributed by atoms with Crippen molar-refractivity contribution in [3.8, 4) is 6.07 Å². The zero-order valence-electron chi connectivity index (χ0n) is 9.86. The van der Waals surface area contributed by atoms with Gasteiger partial charge in [0.15, 0.2) is 5.69 Å². The molecule has 2 aromatic heterocycles. The van der Waals surface area contributed by atoms with E-state index in [1.165, 1.54) is 11.6 Å². The van der Waals surface area contributed by atoms with Gasteiger partial charge in [0.05, 0.1) is 17.4 Å². The van der Waals surface area contributed by atoms with Gasteiger partial charge in [0.25, 0.3) is 10.0 Å². The molecular formula is C11H7N5O2S2. The van der Waals surface area contributed by atoms with E-state index in [2.05, 4.69) is 19.3 Å². The van der Waals surface area contributed by atoms with Crippen molar-refractivity contribution in [3.63, 3.8) is 0 Å². The number of aromatic amines is 1. The van der Waals surface area contributed by atoms with Crippen LogP contribution in [0, 0.1) is 11.3 Å². The van der Waals surface area contributed by atoms with Gasteiger partial charge in [-0.2, -0.15) is 14.7 Å². The summed E-state index contributed by atoms with van der Waals surface area (Å²) < 4.78 is 30.5. The largest absolute Gasteiger partial charge is 0.277 e. The predicted molar refractivity (Wildman–Crippen MR) is 73.7 cm³/mol. The molecule has 0 unspecified atom stereocenters. The van der Waals surface area contributed by atoms with Crippen LogP contribution in [0.5, 0.6) is 0 Å².